The molecule has 4 heteroatoms. The first-order valence-corrected chi connectivity index (χ1v) is 5.73. The van der Waals surface area contributed by atoms with Gasteiger partial charge in [-0.2, -0.15) is 0 Å². The summed E-state index contributed by atoms with van der Waals surface area (Å²) >= 11 is 5.01. The SMILES string of the molecule is CCCC1(C2CCC2)NC(=S)NC1=O. The smallest absolute Gasteiger partial charge is 0.252 e. The lowest BCUT2D eigenvalue weighted by molar-refractivity contribution is -0.127. The molecular weight excluding hydrogens is 196 g/mol. The zero-order valence-corrected chi connectivity index (χ0v) is 9.25. The average molecular weight is 212 g/mol. The summed E-state index contributed by atoms with van der Waals surface area (Å²) in [6.45, 7) is 2.11. The normalized spacial score (nSPS) is 32.4. The summed E-state index contributed by atoms with van der Waals surface area (Å²) in [5, 5.41) is 6.42. The van der Waals surface area contributed by atoms with Gasteiger partial charge >= 0.3 is 0 Å². The quantitative estimate of drug-likeness (QED) is 0.693. The number of thiocarbonyl (C=S) groups is 1. The van der Waals surface area contributed by atoms with Crippen LogP contribution in [0.5, 0.6) is 0 Å². The Hall–Kier alpha value is -0.640. The molecule has 1 heterocycles. The van der Waals surface area contributed by atoms with Crippen LogP contribution in [0.3, 0.4) is 0 Å². The lowest BCUT2D eigenvalue weighted by atomic mass is 9.69. The van der Waals surface area contributed by atoms with Crippen molar-refractivity contribution < 1.29 is 4.79 Å². The van der Waals surface area contributed by atoms with Crippen LogP contribution in [-0.4, -0.2) is 16.6 Å². The first kappa shape index (κ1) is 9.90. The molecule has 0 aromatic carbocycles. The van der Waals surface area contributed by atoms with E-state index in [2.05, 4.69) is 17.6 Å². The molecule has 1 atom stereocenters. The van der Waals surface area contributed by atoms with Crippen LogP contribution in [-0.2, 0) is 4.79 Å². The summed E-state index contributed by atoms with van der Waals surface area (Å²) < 4.78 is 0. The minimum absolute atomic E-state index is 0.0917. The Morgan fingerprint density at radius 3 is 2.64 bits per heavy atom. The fraction of sp³-hybridized carbons (Fsp3) is 0.800. The Bertz CT molecular complexity index is 275. The molecule has 1 saturated heterocycles. The van der Waals surface area contributed by atoms with Gasteiger partial charge in [-0.15, -0.1) is 0 Å². The highest BCUT2D eigenvalue weighted by Gasteiger charge is 2.51. The van der Waals surface area contributed by atoms with E-state index in [-0.39, 0.29) is 11.4 Å². The first-order chi connectivity index (χ1) is 6.69. The minimum Gasteiger partial charge on any atom is -0.348 e. The van der Waals surface area contributed by atoms with E-state index in [1.165, 1.54) is 6.42 Å². The summed E-state index contributed by atoms with van der Waals surface area (Å²) in [6, 6.07) is 0. The molecule has 78 valence electrons. The highest BCUT2D eigenvalue weighted by atomic mass is 32.1. The second-order valence-corrected chi connectivity index (χ2v) is 4.67. The lowest BCUT2D eigenvalue weighted by Gasteiger charge is -2.40. The summed E-state index contributed by atoms with van der Waals surface area (Å²) in [7, 11) is 0. The van der Waals surface area contributed by atoms with Crippen LogP contribution in [0.15, 0.2) is 0 Å². The Labute approximate surface area is 89.6 Å². The van der Waals surface area contributed by atoms with E-state index in [0.29, 0.717) is 11.0 Å². The van der Waals surface area contributed by atoms with Gasteiger partial charge in [0.1, 0.15) is 5.54 Å². The van der Waals surface area contributed by atoms with E-state index in [9.17, 15) is 4.79 Å². The zero-order valence-electron chi connectivity index (χ0n) is 8.43. The molecule has 1 saturated carbocycles. The summed E-state index contributed by atoms with van der Waals surface area (Å²) in [4.78, 5) is 11.9. The largest absolute Gasteiger partial charge is 0.348 e. The third-order valence-electron chi connectivity index (χ3n) is 3.42. The molecule has 0 spiro atoms. The monoisotopic (exact) mass is 212 g/mol. The van der Waals surface area contributed by atoms with Gasteiger partial charge < -0.3 is 10.6 Å². The van der Waals surface area contributed by atoms with Crippen LogP contribution in [0.25, 0.3) is 0 Å². The number of amides is 1. The second-order valence-electron chi connectivity index (χ2n) is 4.26. The molecule has 1 aliphatic heterocycles. The van der Waals surface area contributed by atoms with Crippen molar-refractivity contribution in [3.05, 3.63) is 0 Å². The number of carbonyl (C=O) groups is 1. The Morgan fingerprint density at radius 1 is 1.57 bits per heavy atom. The predicted molar refractivity (Wildman–Crippen MR) is 58.9 cm³/mol. The highest BCUT2D eigenvalue weighted by Crippen LogP contribution is 2.40. The standard InChI is InChI=1S/C10H16N2OS/c1-2-6-10(7-4-3-5-7)8(13)11-9(14)12-10/h7H,2-6H2,1H3,(H2,11,12,13,14). The molecular formula is C10H16N2OS. The maximum Gasteiger partial charge on any atom is 0.252 e. The number of nitrogens with one attached hydrogen (secondary N) is 2. The molecule has 0 aromatic rings. The Kier molecular flexibility index (Phi) is 2.47. The molecule has 0 aromatic heterocycles. The summed E-state index contributed by atoms with van der Waals surface area (Å²) in [6.07, 6.45) is 5.47. The minimum atomic E-state index is -0.371. The number of carbonyl (C=O) groups excluding carboxylic acids is 1. The number of hydrogen-bond acceptors (Lipinski definition) is 2. The van der Waals surface area contributed by atoms with Crippen LogP contribution < -0.4 is 10.6 Å². The van der Waals surface area contributed by atoms with Gasteiger partial charge in [0.2, 0.25) is 0 Å². The molecule has 0 radical (unpaired) electrons. The Morgan fingerprint density at radius 2 is 2.29 bits per heavy atom. The lowest BCUT2D eigenvalue weighted by Crippen LogP contribution is -2.55. The predicted octanol–water partition coefficient (Wildman–Crippen LogP) is 1.33. The molecule has 2 aliphatic rings. The topological polar surface area (TPSA) is 41.1 Å². The first-order valence-electron chi connectivity index (χ1n) is 5.32. The van der Waals surface area contributed by atoms with Crippen LogP contribution in [0.2, 0.25) is 0 Å². The van der Waals surface area contributed by atoms with Crippen molar-refractivity contribution in [2.75, 3.05) is 0 Å². The van der Waals surface area contributed by atoms with E-state index in [4.69, 9.17) is 12.2 Å². The molecule has 3 nitrogen and oxygen atoms in total. The van der Waals surface area contributed by atoms with Gasteiger partial charge in [-0.05, 0) is 37.4 Å². The van der Waals surface area contributed by atoms with E-state index in [0.717, 1.165) is 25.7 Å². The average Bonchev–Trinajstić information content (AvgIpc) is 2.24. The molecule has 1 amide bonds. The van der Waals surface area contributed by atoms with Gasteiger partial charge in [-0.1, -0.05) is 19.8 Å². The van der Waals surface area contributed by atoms with Gasteiger partial charge in [0.05, 0.1) is 0 Å². The van der Waals surface area contributed by atoms with Gasteiger partial charge in [0, 0.05) is 0 Å². The van der Waals surface area contributed by atoms with Gasteiger partial charge in [-0.25, -0.2) is 0 Å². The van der Waals surface area contributed by atoms with E-state index >= 15 is 0 Å². The highest BCUT2D eigenvalue weighted by molar-refractivity contribution is 7.80. The second kappa shape index (κ2) is 3.50. The van der Waals surface area contributed by atoms with Gasteiger partial charge in [0.15, 0.2) is 5.11 Å². The fourth-order valence-corrected chi connectivity index (χ4v) is 2.74. The zero-order chi connectivity index (χ0) is 10.2. The van der Waals surface area contributed by atoms with Crippen molar-refractivity contribution in [2.45, 2.75) is 44.6 Å². The van der Waals surface area contributed by atoms with E-state index < -0.39 is 0 Å². The molecule has 0 bridgehead atoms. The fourth-order valence-electron chi connectivity index (χ4n) is 2.47. The van der Waals surface area contributed by atoms with Crippen LogP contribution in [0, 0.1) is 5.92 Å². The van der Waals surface area contributed by atoms with Gasteiger partial charge in [-0.3, -0.25) is 4.79 Å². The van der Waals surface area contributed by atoms with Gasteiger partial charge in [0.25, 0.3) is 5.91 Å². The van der Waals surface area contributed by atoms with Crippen LogP contribution in [0.1, 0.15) is 39.0 Å². The van der Waals surface area contributed by atoms with Crippen molar-refractivity contribution in [1.29, 1.82) is 0 Å². The number of rotatable bonds is 3. The van der Waals surface area contributed by atoms with Crippen molar-refractivity contribution >= 4 is 23.2 Å². The molecule has 14 heavy (non-hydrogen) atoms. The van der Waals surface area contributed by atoms with Crippen molar-refractivity contribution in [3.63, 3.8) is 0 Å². The van der Waals surface area contributed by atoms with Crippen molar-refractivity contribution in [2.24, 2.45) is 5.92 Å². The molecule has 2 N–H and O–H groups in total. The third-order valence-corrected chi connectivity index (χ3v) is 3.62. The molecule has 1 aliphatic carbocycles. The maximum atomic E-state index is 11.9. The summed E-state index contributed by atoms with van der Waals surface area (Å²) in [5.74, 6) is 0.581. The summed E-state index contributed by atoms with van der Waals surface area (Å²) in [5.41, 5.74) is -0.371. The van der Waals surface area contributed by atoms with Crippen molar-refractivity contribution in [3.8, 4) is 0 Å². The number of hydrogen-bond donors (Lipinski definition) is 2. The van der Waals surface area contributed by atoms with E-state index in [1.54, 1.807) is 0 Å². The molecule has 1 unspecified atom stereocenters. The Balaban J connectivity index is 2.20. The van der Waals surface area contributed by atoms with E-state index in [1.807, 2.05) is 0 Å². The van der Waals surface area contributed by atoms with Crippen LogP contribution in [0.4, 0.5) is 0 Å². The van der Waals surface area contributed by atoms with Crippen molar-refractivity contribution in [1.82, 2.24) is 10.6 Å². The molecule has 2 fully saturated rings. The third kappa shape index (κ3) is 1.32. The molecule has 2 rings (SSSR count). The maximum absolute atomic E-state index is 11.9. The van der Waals surface area contributed by atoms with Crippen LogP contribution >= 0.6 is 12.2 Å².